The minimum Gasteiger partial charge on any atom is -0.396 e. The molecule has 0 aliphatic carbocycles. The largest absolute Gasteiger partial charge is 0.396 e. The monoisotopic (exact) mass is 226 g/mol. The molecular formula is C9H14N4O3. The maximum atomic E-state index is 10.5. The van der Waals surface area contributed by atoms with E-state index < -0.39 is 4.92 Å². The van der Waals surface area contributed by atoms with Crippen molar-refractivity contribution >= 4 is 17.3 Å². The van der Waals surface area contributed by atoms with Crippen molar-refractivity contribution in [3.8, 4) is 0 Å². The van der Waals surface area contributed by atoms with Crippen molar-refractivity contribution in [2.45, 2.75) is 6.92 Å². The summed E-state index contributed by atoms with van der Waals surface area (Å²) in [7, 11) is 0. The maximum Gasteiger partial charge on any atom is 0.311 e. The van der Waals surface area contributed by atoms with Crippen LogP contribution in [0.1, 0.15) is 6.92 Å². The van der Waals surface area contributed by atoms with Crippen molar-refractivity contribution in [1.82, 2.24) is 4.98 Å². The van der Waals surface area contributed by atoms with Gasteiger partial charge in [0.15, 0.2) is 0 Å². The van der Waals surface area contributed by atoms with Crippen molar-refractivity contribution in [2.75, 3.05) is 24.2 Å². The summed E-state index contributed by atoms with van der Waals surface area (Å²) in [6.07, 6.45) is 0. The predicted molar refractivity (Wildman–Crippen MR) is 60.0 cm³/mol. The molecule has 0 aliphatic heterocycles. The van der Waals surface area contributed by atoms with Crippen LogP contribution < -0.4 is 11.1 Å². The van der Waals surface area contributed by atoms with Crippen molar-refractivity contribution < 1.29 is 10.0 Å². The van der Waals surface area contributed by atoms with Crippen molar-refractivity contribution in [2.24, 2.45) is 5.92 Å². The van der Waals surface area contributed by atoms with Gasteiger partial charge in [-0.1, -0.05) is 6.92 Å². The Bertz CT molecular complexity index is 383. The van der Waals surface area contributed by atoms with Crippen LogP contribution in [0, 0.1) is 16.0 Å². The molecule has 4 N–H and O–H groups in total. The van der Waals surface area contributed by atoms with Crippen LogP contribution in [0.5, 0.6) is 0 Å². The van der Waals surface area contributed by atoms with Crippen molar-refractivity contribution in [3.63, 3.8) is 0 Å². The summed E-state index contributed by atoms with van der Waals surface area (Å²) in [5.74, 6) is 0.424. The Morgan fingerprint density at radius 3 is 2.88 bits per heavy atom. The molecule has 7 heteroatoms. The van der Waals surface area contributed by atoms with Gasteiger partial charge in [-0.05, 0) is 12.0 Å². The normalized spacial score (nSPS) is 12.1. The average molecular weight is 226 g/mol. The number of nitrogen functional groups attached to an aromatic ring is 1. The van der Waals surface area contributed by atoms with Gasteiger partial charge in [0.2, 0.25) is 5.82 Å². The smallest absolute Gasteiger partial charge is 0.311 e. The molecule has 0 aromatic carbocycles. The molecule has 1 unspecified atom stereocenters. The lowest BCUT2D eigenvalue weighted by molar-refractivity contribution is -0.384. The second kappa shape index (κ2) is 5.26. The van der Waals surface area contributed by atoms with Crippen LogP contribution in [0.2, 0.25) is 0 Å². The van der Waals surface area contributed by atoms with Gasteiger partial charge in [-0.25, -0.2) is 4.98 Å². The van der Waals surface area contributed by atoms with E-state index >= 15 is 0 Å². The summed E-state index contributed by atoms with van der Waals surface area (Å²) in [4.78, 5) is 13.7. The summed E-state index contributed by atoms with van der Waals surface area (Å²) in [5.41, 5.74) is 5.21. The second-order valence-electron chi connectivity index (χ2n) is 3.53. The van der Waals surface area contributed by atoms with Crippen LogP contribution in [0.15, 0.2) is 12.1 Å². The number of nitro groups is 1. The molecule has 0 saturated heterocycles. The summed E-state index contributed by atoms with van der Waals surface area (Å²) in [6.45, 7) is 2.46. The SMILES string of the molecule is CC(CO)CNc1ccc([N+](=O)[O-])c(N)n1. The molecule has 7 nitrogen and oxygen atoms in total. The molecule has 16 heavy (non-hydrogen) atoms. The number of hydrogen-bond acceptors (Lipinski definition) is 6. The van der Waals surface area contributed by atoms with Gasteiger partial charge in [0.1, 0.15) is 5.82 Å². The number of anilines is 2. The Labute approximate surface area is 92.4 Å². The molecule has 1 aromatic rings. The molecule has 1 aromatic heterocycles. The lowest BCUT2D eigenvalue weighted by Crippen LogP contribution is -2.15. The third kappa shape index (κ3) is 3.06. The highest BCUT2D eigenvalue weighted by atomic mass is 16.6. The van der Waals surface area contributed by atoms with Crippen LogP contribution in [0.4, 0.5) is 17.3 Å². The van der Waals surface area contributed by atoms with Gasteiger partial charge < -0.3 is 16.2 Å². The number of nitrogens with zero attached hydrogens (tertiary/aromatic N) is 2. The molecule has 0 fully saturated rings. The molecule has 1 heterocycles. The van der Waals surface area contributed by atoms with E-state index in [0.29, 0.717) is 12.4 Å². The molecule has 0 spiro atoms. The standard InChI is InChI=1S/C9H14N4O3/c1-6(5-14)4-11-8-3-2-7(13(15)16)9(10)12-8/h2-3,6,14H,4-5H2,1H3,(H3,10,11,12). The zero-order valence-corrected chi connectivity index (χ0v) is 8.88. The zero-order valence-electron chi connectivity index (χ0n) is 8.88. The summed E-state index contributed by atoms with van der Waals surface area (Å²) >= 11 is 0. The second-order valence-corrected chi connectivity index (χ2v) is 3.53. The fourth-order valence-electron chi connectivity index (χ4n) is 1.06. The molecule has 0 aliphatic rings. The first kappa shape index (κ1) is 12.2. The third-order valence-electron chi connectivity index (χ3n) is 2.04. The van der Waals surface area contributed by atoms with Crippen molar-refractivity contribution in [1.29, 1.82) is 0 Å². The summed E-state index contributed by atoms with van der Waals surface area (Å²) in [6, 6.07) is 2.78. The van der Waals surface area contributed by atoms with E-state index in [0.717, 1.165) is 0 Å². The molecule has 0 bridgehead atoms. The van der Waals surface area contributed by atoms with E-state index in [1.807, 2.05) is 6.92 Å². The number of aliphatic hydroxyl groups is 1. The maximum absolute atomic E-state index is 10.5. The van der Waals surface area contributed by atoms with E-state index in [9.17, 15) is 10.1 Å². The quantitative estimate of drug-likeness (QED) is 0.500. The molecule has 0 amide bonds. The number of pyridine rings is 1. The summed E-state index contributed by atoms with van der Waals surface area (Å²) < 4.78 is 0. The Kier molecular flexibility index (Phi) is 4.01. The number of nitrogens with one attached hydrogen (secondary N) is 1. The lowest BCUT2D eigenvalue weighted by Gasteiger charge is -2.10. The van der Waals surface area contributed by atoms with E-state index in [-0.39, 0.29) is 24.0 Å². The molecular weight excluding hydrogens is 212 g/mol. The summed E-state index contributed by atoms with van der Waals surface area (Å²) in [5, 5.41) is 22.2. The van der Waals surface area contributed by atoms with Gasteiger partial charge in [0, 0.05) is 19.2 Å². The van der Waals surface area contributed by atoms with Gasteiger partial charge in [-0.3, -0.25) is 10.1 Å². The Balaban J connectivity index is 2.70. The number of nitrogens with two attached hydrogens (primary N) is 1. The van der Waals surface area contributed by atoms with Gasteiger partial charge >= 0.3 is 5.69 Å². The van der Waals surface area contributed by atoms with E-state index in [1.165, 1.54) is 12.1 Å². The van der Waals surface area contributed by atoms with Crippen LogP contribution in [0.25, 0.3) is 0 Å². The number of hydrogen-bond donors (Lipinski definition) is 3. The highest BCUT2D eigenvalue weighted by Crippen LogP contribution is 2.20. The first-order valence-corrected chi connectivity index (χ1v) is 4.80. The van der Waals surface area contributed by atoms with Crippen molar-refractivity contribution in [3.05, 3.63) is 22.2 Å². The van der Waals surface area contributed by atoms with Crippen LogP contribution in [-0.4, -0.2) is 28.2 Å². The number of rotatable bonds is 5. The Morgan fingerprint density at radius 1 is 1.69 bits per heavy atom. The number of aliphatic hydroxyl groups excluding tert-OH is 1. The van der Waals surface area contributed by atoms with E-state index in [4.69, 9.17) is 10.8 Å². The first-order valence-electron chi connectivity index (χ1n) is 4.80. The topological polar surface area (TPSA) is 114 Å². The van der Waals surface area contributed by atoms with E-state index in [2.05, 4.69) is 10.3 Å². The highest BCUT2D eigenvalue weighted by Gasteiger charge is 2.12. The van der Waals surface area contributed by atoms with Gasteiger partial charge in [-0.2, -0.15) is 0 Å². The first-order chi connectivity index (χ1) is 7.54. The van der Waals surface area contributed by atoms with Crippen LogP contribution in [0.3, 0.4) is 0 Å². The molecule has 0 saturated carbocycles. The zero-order chi connectivity index (χ0) is 12.1. The predicted octanol–water partition coefficient (Wildman–Crippen LogP) is 0.612. The van der Waals surface area contributed by atoms with Gasteiger partial charge in [0.25, 0.3) is 0 Å². The average Bonchev–Trinajstić information content (AvgIpc) is 2.25. The fraction of sp³-hybridized carbons (Fsp3) is 0.444. The Hall–Kier alpha value is -1.89. The van der Waals surface area contributed by atoms with Crippen LogP contribution >= 0.6 is 0 Å². The van der Waals surface area contributed by atoms with Gasteiger partial charge in [-0.15, -0.1) is 0 Å². The fourth-order valence-corrected chi connectivity index (χ4v) is 1.06. The molecule has 1 atom stereocenters. The Morgan fingerprint density at radius 2 is 2.38 bits per heavy atom. The molecule has 0 radical (unpaired) electrons. The third-order valence-corrected chi connectivity index (χ3v) is 2.04. The van der Waals surface area contributed by atoms with Gasteiger partial charge in [0.05, 0.1) is 4.92 Å². The highest BCUT2D eigenvalue weighted by molar-refractivity contribution is 5.57. The lowest BCUT2D eigenvalue weighted by atomic mass is 10.2. The molecule has 88 valence electrons. The van der Waals surface area contributed by atoms with E-state index in [1.54, 1.807) is 0 Å². The van der Waals surface area contributed by atoms with Crippen LogP contribution in [-0.2, 0) is 0 Å². The minimum atomic E-state index is -0.581. The minimum absolute atomic E-state index is 0.0649. The number of aromatic nitrogens is 1. The molecule has 1 rings (SSSR count).